The Bertz CT molecular complexity index is 715. The van der Waals surface area contributed by atoms with Gasteiger partial charge in [-0.3, -0.25) is 9.59 Å². The van der Waals surface area contributed by atoms with Gasteiger partial charge in [0.2, 0.25) is 5.91 Å². The molecule has 2 aliphatic rings. The Labute approximate surface area is 155 Å². The fourth-order valence-corrected chi connectivity index (χ4v) is 4.93. The summed E-state index contributed by atoms with van der Waals surface area (Å²) in [5.41, 5.74) is 0.324. The van der Waals surface area contributed by atoms with Gasteiger partial charge in [0.25, 0.3) is 0 Å². The predicted molar refractivity (Wildman–Crippen MR) is 95.4 cm³/mol. The van der Waals surface area contributed by atoms with Crippen LogP contribution in [0.3, 0.4) is 0 Å². The smallest absolute Gasteiger partial charge is 0.341 e. The van der Waals surface area contributed by atoms with Gasteiger partial charge in [0, 0.05) is 4.88 Å². The molecule has 1 amide bonds. The molecule has 2 saturated heterocycles. The van der Waals surface area contributed by atoms with Gasteiger partial charge in [0.1, 0.15) is 5.00 Å². The van der Waals surface area contributed by atoms with E-state index < -0.39 is 35.8 Å². The van der Waals surface area contributed by atoms with E-state index in [1.165, 1.54) is 11.3 Å². The largest absolute Gasteiger partial charge is 0.481 e. The molecule has 0 unspecified atom stereocenters. The van der Waals surface area contributed by atoms with E-state index in [0.717, 1.165) is 17.7 Å². The summed E-state index contributed by atoms with van der Waals surface area (Å²) < 4.78 is 10.7. The Morgan fingerprint density at radius 1 is 1.27 bits per heavy atom. The van der Waals surface area contributed by atoms with Crippen LogP contribution in [-0.4, -0.2) is 41.8 Å². The Morgan fingerprint density at radius 2 is 1.96 bits per heavy atom. The van der Waals surface area contributed by atoms with Crippen molar-refractivity contribution in [3.05, 3.63) is 16.5 Å². The number of fused-ring (bicyclic) bond motifs is 2. The van der Waals surface area contributed by atoms with Crippen LogP contribution in [0.2, 0.25) is 0 Å². The van der Waals surface area contributed by atoms with E-state index in [1.54, 1.807) is 13.0 Å². The average molecular weight is 381 g/mol. The summed E-state index contributed by atoms with van der Waals surface area (Å²) in [6.07, 6.45) is 2.28. The molecule has 3 heterocycles. The highest BCUT2D eigenvalue weighted by molar-refractivity contribution is 7.16. The zero-order valence-corrected chi connectivity index (χ0v) is 15.6. The summed E-state index contributed by atoms with van der Waals surface area (Å²) in [6.45, 7) is 4.00. The number of aliphatic carboxylic acids is 1. The molecule has 1 aromatic rings. The normalized spacial score (nSPS) is 26.7. The summed E-state index contributed by atoms with van der Waals surface area (Å²) in [4.78, 5) is 37.6. The molecule has 0 radical (unpaired) electrons. The van der Waals surface area contributed by atoms with E-state index in [9.17, 15) is 19.5 Å². The van der Waals surface area contributed by atoms with Crippen LogP contribution in [0.5, 0.6) is 0 Å². The minimum atomic E-state index is -1.01. The fourth-order valence-electron chi connectivity index (χ4n) is 3.78. The number of esters is 1. The first-order chi connectivity index (χ1) is 12.5. The summed E-state index contributed by atoms with van der Waals surface area (Å²) in [5, 5.41) is 12.7. The van der Waals surface area contributed by atoms with E-state index in [1.807, 2.05) is 6.92 Å². The van der Waals surface area contributed by atoms with Gasteiger partial charge >= 0.3 is 11.9 Å². The third kappa shape index (κ3) is 3.48. The first kappa shape index (κ1) is 18.8. The number of hydrogen-bond donors (Lipinski definition) is 2. The molecule has 2 fully saturated rings. The third-order valence-electron chi connectivity index (χ3n) is 4.87. The Hall–Kier alpha value is -1.93. The van der Waals surface area contributed by atoms with Crippen molar-refractivity contribution in [3.63, 3.8) is 0 Å². The molecule has 4 atom stereocenters. The number of carboxylic acids is 1. The maximum atomic E-state index is 12.8. The minimum absolute atomic E-state index is 0.243. The summed E-state index contributed by atoms with van der Waals surface area (Å²) >= 11 is 1.33. The Kier molecular flexibility index (Phi) is 5.62. The van der Waals surface area contributed by atoms with Crippen molar-refractivity contribution < 1.29 is 29.0 Å². The number of aryl methyl sites for hydroxylation is 1. The van der Waals surface area contributed by atoms with E-state index in [0.29, 0.717) is 23.4 Å². The molecule has 2 aliphatic heterocycles. The van der Waals surface area contributed by atoms with Crippen LogP contribution in [0.25, 0.3) is 0 Å². The lowest BCUT2D eigenvalue weighted by atomic mass is 9.79. The molecular formula is C18H23NO6S. The second-order valence-electron chi connectivity index (χ2n) is 6.60. The van der Waals surface area contributed by atoms with Crippen LogP contribution in [0, 0.1) is 11.8 Å². The maximum Gasteiger partial charge on any atom is 0.341 e. The van der Waals surface area contributed by atoms with Crippen molar-refractivity contribution in [2.45, 2.75) is 51.7 Å². The third-order valence-corrected chi connectivity index (χ3v) is 5.98. The number of carbonyl (C=O) groups excluding carboxylic acids is 2. The summed E-state index contributed by atoms with van der Waals surface area (Å²) in [5.74, 6) is -3.48. The van der Waals surface area contributed by atoms with Crippen LogP contribution in [-0.2, 0) is 25.5 Å². The molecule has 142 valence electrons. The number of carbonyl (C=O) groups is 3. The number of nitrogens with one attached hydrogen (secondary N) is 1. The number of amides is 1. The van der Waals surface area contributed by atoms with E-state index in [-0.39, 0.29) is 12.7 Å². The number of ether oxygens (including phenoxy) is 2. The topological polar surface area (TPSA) is 102 Å². The number of thiophene rings is 1. The van der Waals surface area contributed by atoms with Crippen LogP contribution in [0.15, 0.2) is 6.07 Å². The van der Waals surface area contributed by atoms with Crippen molar-refractivity contribution in [3.8, 4) is 0 Å². The van der Waals surface area contributed by atoms with Gasteiger partial charge in [0.15, 0.2) is 0 Å². The van der Waals surface area contributed by atoms with Gasteiger partial charge in [-0.05, 0) is 32.3 Å². The number of carboxylic acid groups (broad SMARTS) is 1. The molecule has 2 bridgehead atoms. The number of anilines is 1. The SMILES string of the molecule is CCCc1cc(C(=O)OCC)c(NC(=O)[C@@H]2[C@@H](C(=O)O)[C@@H]3CC[C@@H]2O3)s1. The lowest BCUT2D eigenvalue weighted by Gasteiger charge is -2.23. The zero-order valence-electron chi connectivity index (χ0n) is 14.8. The van der Waals surface area contributed by atoms with Gasteiger partial charge in [-0.25, -0.2) is 4.79 Å². The van der Waals surface area contributed by atoms with Crippen molar-refractivity contribution in [1.29, 1.82) is 0 Å². The van der Waals surface area contributed by atoms with Crippen molar-refractivity contribution >= 4 is 34.2 Å². The molecule has 0 aliphatic carbocycles. The highest BCUT2D eigenvalue weighted by Crippen LogP contribution is 2.44. The van der Waals surface area contributed by atoms with E-state index >= 15 is 0 Å². The molecule has 3 rings (SSSR count). The van der Waals surface area contributed by atoms with E-state index in [2.05, 4.69) is 5.32 Å². The molecule has 0 saturated carbocycles. The van der Waals surface area contributed by atoms with Gasteiger partial charge in [-0.1, -0.05) is 13.3 Å². The molecular weight excluding hydrogens is 358 g/mol. The average Bonchev–Trinajstić information content (AvgIpc) is 3.29. The molecule has 1 aromatic heterocycles. The lowest BCUT2D eigenvalue weighted by molar-refractivity contribution is -0.147. The van der Waals surface area contributed by atoms with E-state index in [4.69, 9.17) is 9.47 Å². The van der Waals surface area contributed by atoms with Crippen molar-refractivity contribution in [2.75, 3.05) is 11.9 Å². The summed E-state index contributed by atoms with van der Waals surface area (Å²) in [6, 6.07) is 1.74. The van der Waals surface area contributed by atoms with Gasteiger partial charge in [-0.15, -0.1) is 11.3 Å². The molecule has 2 N–H and O–H groups in total. The molecule has 8 heteroatoms. The number of hydrogen-bond acceptors (Lipinski definition) is 6. The quantitative estimate of drug-likeness (QED) is 0.704. The molecule has 0 spiro atoms. The highest BCUT2D eigenvalue weighted by Gasteiger charge is 2.55. The lowest BCUT2D eigenvalue weighted by Crippen LogP contribution is -2.41. The van der Waals surface area contributed by atoms with Crippen LogP contribution < -0.4 is 5.32 Å². The number of rotatable bonds is 7. The zero-order chi connectivity index (χ0) is 18.8. The van der Waals surface area contributed by atoms with Gasteiger partial charge in [0.05, 0.1) is 36.2 Å². The van der Waals surface area contributed by atoms with Crippen LogP contribution in [0.1, 0.15) is 48.3 Å². The second-order valence-corrected chi connectivity index (χ2v) is 7.73. The Balaban J connectivity index is 1.82. The Morgan fingerprint density at radius 3 is 2.58 bits per heavy atom. The van der Waals surface area contributed by atoms with Crippen molar-refractivity contribution in [2.24, 2.45) is 11.8 Å². The maximum absolute atomic E-state index is 12.8. The van der Waals surface area contributed by atoms with Gasteiger partial charge < -0.3 is 19.9 Å². The first-order valence-corrected chi connectivity index (χ1v) is 9.76. The molecule has 7 nitrogen and oxygen atoms in total. The molecule has 0 aromatic carbocycles. The predicted octanol–water partition coefficient (Wildman–Crippen LogP) is 2.69. The standard InChI is InChI=1S/C18H23NO6S/c1-3-5-9-8-10(18(23)24-4-2)16(26-9)19-15(20)13-11-6-7-12(25-11)14(13)17(21)22/h8,11-14H,3-7H2,1-2H3,(H,19,20)(H,21,22)/t11-,12-,13-,14-/m0/s1. The molecule has 26 heavy (non-hydrogen) atoms. The minimum Gasteiger partial charge on any atom is -0.481 e. The van der Waals surface area contributed by atoms with Crippen LogP contribution >= 0.6 is 11.3 Å². The van der Waals surface area contributed by atoms with Crippen molar-refractivity contribution in [1.82, 2.24) is 0 Å². The summed E-state index contributed by atoms with van der Waals surface area (Å²) in [7, 11) is 0. The second kappa shape index (κ2) is 7.75. The fraction of sp³-hybridized carbons (Fsp3) is 0.611. The first-order valence-electron chi connectivity index (χ1n) is 8.95. The van der Waals surface area contributed by atoms with Crippen LogP contribution in [0.4, 0.5) is 5.00 Å². The highest BCUT2D eigenvalue weighted by atomic mass is 32.1. The van der Waals surface area contributed by atoms with Gasteiger partial charge in [-0.2, -0.15) is 0 Å². The monoisotopic (exact) mass is 381 g/mol.